The zero-order valence-corrected chi connectivity index (χ0v) is 53.9. The van der Waals surface area contributed by atoms with Crippen LogP contribution in [0.5, 0.6) is 0 Å². The second-order valence-corrected chi connectivity index (χ2v) is 30.8. The molecule has 10 aliphatic rings. The van der Waals surface area contributed by atoms with Gasteiger partial charge in [0, 0.05) is 16.3 Å². The Hall–Kier alpha value is -6.50. The summed E-state index contributed by atoms with van der Waals surface area (Å²) in [7, 11) is -0.313. The van der Waals surface area contributed by atoms with Crippen molar-refractivity contribution in [1.29, 1.82) is 0 Å². The molecule has 1 aliphatic heterocycles. The van der Waals surface area contributed by atoms with Gasteiger partial charge in [0.25, 0.3) is 0 Å². The summed E-state index contributed by atoms with van der Waals surface area (Å²) in [5.41, 5.74) is 22.0. The molecule has 0 radical (unpaired) electrons. The molecule has 5 heteroatoms. The average Bonchev–Trinajstić information content (AvgIpc) is 1.74. The fraction of sp³-hybridized carbons (Fsp3) is 0.429. The van der Waals surface area contributed by atoms with Gasteiger partial charge in [-0.25, -0.2) is 0 Å². The fourth-order valence-corrected chi connectivity index (χ4v) is 18.9. The number of hydrogen-bond donors (Lipinski definition) is 1. The smallest absolute Gasteiger partial charge is 0.456 e. The third kappa shape index (κ3) is 9.95. The monoisotopic (exact) mass is 1170 g/mol. The maximum absolute atomic E-state index is 6.70. The Balaban J connectivity index is 0.527. The van der Waals surface area contributed by atoms with Gasteiger partial charge in [0.05, 0.1) is 11.2 Å². The number of rotatable bonds is 16. The summed E-state index contributed by atoms with van der Waals surface area (Å²) in [6, 6.07) is 70.8. The Kier molecular flexibility index (Phi) is 14.1. The molecule has 10 fully saturated rings. The van der Waals surface area contributed by atoms with Gasteiger partial charge in [0.2, 0.25) is 0 Å². The van der Waals surface area contributed by atoms with Crippen molar-refractivity contribution in [1.82, 2.24) is 5.32 Å². The summed E-state index contributed by atoms with van der Waals surface area (Å²) in [5, 5.41) is 6.40. The molecule has 0 spiro atoms. The fourth-order valence-electron chi connectivity index (χ4n) is 18.9. The summed E-state index contributed by atoms with van der Waals surface area (Å²) in [6.07, 6.45) is 28.4. The van der Waals surface area contributed by atoms with Crippen molar-refractivity contribution < 1.29 is 13.7 Å². The van der Waals surface area contributed by atoms with Gasteiger partial charge < -0.3 is 19.0 Å². The van der Waals surface area contributed by atoms with Crippen molar-refractivity contribution in [3.05, 3.63) is 210 Å². The van der Waals surface area contributed by atoms with Crippen LogP contribution in [0, 0.1) is 0 Å². The van der Waals surface area contributed by atoms with Crippen LogP contribution in [0.3, 0.4) is 0 Å². The second kappa shape index (κ2) is 21.8. The predicted octanol–water partition coefficient (Wildman–Crippen LogP) is 21.2. The molecular formula is C84H92BNO3. The zero-order valence-electron chi connectivity index (χ0n) is 53.9. The maximum atomic E-state index is 6.70. The molecule has 4 nitrogen and oxygen atoms in total. The number of nitrogens with one attached hydrogen (secondary N) is 1. The normalized spacial score (nSPS) is 28.3. The number of furan rings is 1. The number of fused-ring (bicyclic) bond motifs is 12. The van der Waals surface area contributed by atoms with Crippen LogP contribution >= 0.6 is 0 Å². The minimum atomic E-state index is -0.333. The molecule has 9 aliphatic carbocycles. The standard InChI is InChI=1S/C84H92BNO3/c1-6-7-8-9-56-86-84-53-50-83(51-54-84,52-55-84)70-26-16-62(17-27-70)60-12-10-59(11-13-60)61-14-24-67(25-15-61)79-38-41-80(42-39-79,43-40-79)68-28-18-63(19-29-68)65-22-36-73-74-37-23-66(58-76(74)87-75(73)57-65)64-20-30-69(31-21-64)81-44-47-82(48-45-81,49-46-81)71-32-34-72(35-33-71)85-88-77(2,3)78(4,5)89-85/h10-37,57-58,86H,6-9,38-56H2,1-5H3. The molecule has 2 heterocycles. The molecule has 454 valence electrons. The van der Waals surface area contributed by atoms with Crippen LogP contribution < -0.4 is 10.8 Å². The van der Waals surface area contributed by atoms with Gasteiger partial charge in [-0.3, -0.25) is 0 Å². The van der Waals surface area contributed by atoms with Gasteiger partial charge in [-0.05, 0) is 285 Å². The zero-order chi connectivity index (χ0) is 60.3. The Labute approximate surface area is 531 Å². The van der Waals surface area contributed by atoms with Gasteiger partial charge in [0.15, 0.2) is 0 Å². The third-order valence-corrected chi connectivity index (χ3v) is 26.0. The van der Waals surface area contributed by atoms with E-state index in [1.807, 2.05) is 0 Å². The highest BCUT2D eigenvalue weighted by atomic mass is 16.7. The molecule has 8 aromatic carbocycles. The average molecular weight is 1170 g/mol. The Morgan fingerprint density at radius 1 is 0.326 bits per heavy atom. The molecule has 0 unspecified atom stereocenters. The SMILES string of the molecule is CCCCCCNC12CCC(c3ccc(-c4ccc(-c5ccc(C67CCC(c8ccc(-c9ccc%10c(c9)oc9cc(-c%11ccc(C%12%13CCC(c%14ccc(B%15OC(C)(C)C(C)(C)O%15)cc%14)(CC%12)CC%13)cc%11)ccc9%10)cc8)(CC6)CC7)cc5)cc4)cc3)(CC1)CC2. The van der Waals surface area contributed by atoms with E-state index in [1.54, 1.807) is 11.1 Å². The van der Waals surface area contributed by atoms with Gasteiger partial charge >= 0.3 is 7.12 Å². The maximum Gasteiger partial charge on any atom is 0.494 e. The van der Waals surface area contributed by atoms with Crippen LogP contribution in [0.4, 0.5) is 0 Å². The molecule has 89 heavy (non-hydrogen) atoms. The largest absolute Gasteiger partial charge is 0.494 e. The second-order valence-electron chi connectivity index (χ2n) is 30.8. The molecule has 0 atom stereocenters. The number of benzene rings is 8. The molecular weight excluding hydrogens is 1080 g/mol. The van der Waals surface area contributed by atoms with Crippen LogP contribution in [0.2, 0.25) is 0 Å². The first-order valence-electron chi connectivity index (χ1n) is 34.9. The van der Waals surface area contributed by atoms with E-state index in [9.17, 15) is 0 Å². The van der Waals surface area contributed by atoms with Gasteiger partial charge in [-0.15, -0.1) is 0 Å². The molecule has 9 aromatic rings. The van der Waals surface area contributed by atoms with E-state index in [0.29, 0.717) is 16.4 Å². The van der Waals surface area contributed by atoms with Crippen molar-refractivity contribution >= 4 is 34.5 Å². The summed E-state index contributed by atoms with van der Waals surface area (Å²) >= 11 is 0. The van der Waals surface area contributed by atoms with Crippen LogP contribution in [-0.4, -0.2) is 30.4 Å². The Morgan fingerprint density at radius 2 is 0.607 bits per heavy atom. The first-order valence-corrected chi connectivity index (χ1v) is 34.9. The minimum absolute atomic E-state index is 0.270. The van der Waals surface area contributed by atoms with Gasteiger partial charge in [-0.1, -0.05) is 184 Å². The first kappa shape index (κ1) is 57.6. The molecule has 19 rings (SSSR count). The van der Waals surface area contributed by atoms with Crippen molar-refractivity contribution in [3.63, 3.8) is 0 Å². The highest BCUT2D eigenvalue weighted by Crippen LogP contribution is 2.61. The summed E-state index contributed by atoms with van der Waals surface area (Å²) in [5.74, 6) is 0. The number of hydrogen-bond acceptors (Lipinski definition) is 4. The lowest BCUT2D eigenvalue weighted by molar-refractivity contribution is 0.00578. The van der Waals surface area contributed by atoms with Crippen LogP contribution in [0.25, 0.3) is 66.4 Å². The topological polar surface area (TPSA) is 43.6 Å². The molecule has 0 amide bonds. The summed E-state index contributed by atoms with van der Waals surface area (Å²) in [6.45, 7) is 12.0. The molecule has 9 saturated carbocycles. The highest BCUT2D eigenvalue weighted by molar-refractivity contribution is 6.62. The van der Waals surface area contributed by atoms with Crippen molar-refractivity contribution in [2.75, 3.05) is 6.54 Å². The minimum Gasteiger partial charge on any atom is -0.456 e. The van der Waals surface area contributed by atoms with E-state index in [2.05, 4.69) is 222 Å². The third-order valence-electron chi connectivity index (χ3n) is 26.0. The summed E-state index contributed by atoms with van der Waals surface area (Å²) in [4.78, 5) is 0. The predicted molar refractivity (Wildman–Crippen MR) is 370 cm³/mol. The van der Waals surface area contributed by atoms with Crippen molar-refractivity contribution in [2.24, 2.45) is 0 Å². The summed E-state index contributed by atoms with van der Waals surface area (Å²) < 4.78 is 19.5. The lowest BCUT2D eigenvalue weighted by atomic mass is 9.50. The lowest BCUT2D eigenvalue weighted by Gasteiger charge is -2.54. The van der Waals surface area contributed by atoms with E-state index in [0.717, 1.165) is 16.6 Å². The molecule has 1 saturated heterocycles. The highest BCUT2D eigenvalue weighted by Gasteiger charge is 2.54. The lowest BCUT2D eigenvalue weighted by Crippen LogP contribution is -2.56. The van der Waals surface area contributed by atoms with Crippen LogP contribution in [-0.2, 0) is 36.4 Å². The van der Waals surface area contributed by atoms with Crippen molar-refractivity contribution in [3.8, 4) is 44.5 Å². The molecule has 6 bridgehead atoms. The molecule has 1 N–H and O–H groups in total. The van der Waals surface area contributed by atoms with E-state index in [1.165, 1.54) is 220 Å². The van der Waals surface area contributed by atoms with Crippen molar-refractivity contribution in [2.45, 2.75) is 220 Å². The first-order chi connectivity index (χ1) is 43.2. The van der Waals surface area contributed by atoms with Crippen LogP contribution in [0.1, 0.15) is 204 Å². The van der Waals surface area contributed by atoms with E-state index in [4.69, 9.17) is 13.7 Å². The quantitative estimate of drug-likeness (QED) is 0.0773. The van der Waals surface area contributed by atoms with E-state index in [-0.39, 0.29) is 34.6 Å². The van der Waals surface area contributed by atoms with Gasteiger partial charge in [0.1, 0.15) is 11.2 Å². The van der Waals surface area contributed by atoms with E-state index < -0.39 is 0 Å². The van der Waals surface area contributed by atoms with Gasteiger partial charge in [-0.2, -0.15) is 0 Å². The molecule has 1 aromatic heterocycles. The number of unbranched alkanes of at least 4 members (excludes halogenated alkanes) is 3. The Morgan fingerprint density at radius 3 is 0.933 bits per heavy atom. The Bertz CT molecular complexity index is 3970. The van der Waals surface area contributed by atoms with E-state index >= 15 is 0 Å². The van der Waals surface area contributed by atoms with Crippen LogP contribution in [0.15, 0.2) is 186 Å².